The number of hydrogen-bond donors (Lipinski definition) is 3. The molecule has 0 fully saturated rings. The molecule has 0 aromatic heterocycles. The summed E-state index contributed by atoms with van der Waals surface area (Å²) in [6.45, 7) is 3.18. The lowest BCUT2D eigenvalue weighted by Gasteiger charge is -2.17. The van der Waals surface area contributed by atoms with Crippen molar-refractivity contribution < 1.29 is 23.5 Å². The molecule has 0 aliphatic carbocycles. The predicted octanol–water partition coefficient (Wildman–Crippen LogP) is 1.95. The highest BCUT2D eigenvalue weighted by atomic mass is 19.1. The normalized spacial score (nSPS) is 12.4. The Balaban J connectivity index is 1.72. The van der Waals surface area contributed by atoms with E-state index in [9.17, 15) is 18.8 Å². The third-order valence-corrected chi connectivity index (χ3v) is 3.73. The Morgan fingerprint density at radius 1 is 0.964 bits per heavy atom. The van der Waals surface area contributed by atoms with E-state index in [2.05, 4.69) is 16.2 Å². The van der Waals surface area contributed by atoms with E-state index >= 15 is 0 Å². The Morgan fingerprint density at radius 2 is 1.61 bits per heavy atom. The van der Waals surface area contributed by atoms with Crippen molar-refractivity contribution in [2.45, 2.75) is 32.4 Å². The van der Waals surface area contributed by atoms with Crippen LogP contribution < -0.4 is 20.9 Å². The summed E-state index contributed by atoms with van der Waals surface area (Å²) in [4.78, 5) is 35.9. The second-order valence-electron chi connectivity index (χ2n) is 6.20. The van der Waals surface area contributed by atoms with E-state index in [1.165, 1.54) is 31.2 Å². The van der Waals surface area contributed by atoms with E-state index in [0.717, 1.165) is 0 Å². The number of carbonyl (C=O) groups is 3. The first kappa shape index (κ1) is 20.9. The van der Waals surface area contributed by atoms with Gasteiger partial charge in [-0.15, -0.1) is 0 Å². The van der Waals surface area contributed by atoms with Crippen LogP contribution in [0.15, 0.2) is 54.6 Å². The maximum Gasteiger partial charge on any atom is 0.279 e. The molecule has 2 atom stereocenters. The summed E-state index contributed by atoms with van der Waals surface area (Å²) in [7, 11) is 0. The fourth-order valence-electron chi connectivity index (χ4n) is 2.28. The molecule has 0 heterocycles. The largest absolute Gasteiger partial charge is 0.481 e. The van der Waals surface area contributed by atoms with Crippen molar-refractivity contribution in [3.8, 4) is 5.75 Å². The Kier molecular flexibility index (Phi) is 7.50. The molecule has 0 aliphatic rings. The zero-order valence-corrected chi connectivity index (χ0v) is 15.6. The van der Waals surface area contributed by atoms with Gasteiger partial charge in [-0.2, -0.15) is 0 Å². The molecule has 2 aromatic rings. The first-order valence-corrected chi connectivity index (χ1v) is 8.72. The number of hydrazine groups is 1. The highest BCUT2D eigenvalue weighted by Gasteiger charge is 2.17. The van der Waals surface area contributed by atoms with E-state index in [-0.39, 0.29) is 12.3 Å². The van der Waals surface area contributed by atoms with Gasteiger partial charge in [0.05, 0.1) is 0 Å². The smallest absolute Gasteiger partial charge is 0.279 e. The van der Waals surface area contributed by atoms with Gasteiger partial charge in [0.1, 0.15) is 11.6 Å². The van der Waals surface area contributed by atoms with Gasteiger partial charge in [-0.1, -0.05) is 18.2 Å². The van der Waals surface area contributed by atoms with E-state index in [0.29, 0.717) is 11.3 Å². The van der Waals surface area contributed by atoms with Crippen LogP contribution in [0.25, 0.3) is 0 Å². The fraction of sp³-hybridized carbons (Fsp3) is 0.250. The van der Waals surface area contributed by atoms with Gasteiger partial charge >= 0.3 is 0 Å². The van der Waals surface area contributed by atoms with Crippen LogP contribution in [0.4, 0.5) is 4.39 Å². The minimum atomic E-state index is -0.902. The maximum atomic E-state index is 12.9. The molecule has 2 aromatic carbocycles. The summed E-state index contributed by atoms with van der Waals surface area (Å²) in [5.41, 5.74) is 5.02. The summed E-state index contributed by atoms with van der Waals surface area (Å²) < 4.78 is 18.2. The topological polar surface area (TPSA) is 96.5 Å². The van der Waals surface area contributed by atoms with Crippen LogP contribution in [0, 0.1) is 5.82 Å². The van der Waals surface area contributed by atoms with Gasteiger partial charge in [-0.05, 0) is 50.2 Å². The number of benzene rings is 2. The van der Waals surface area contributed by atoms with Crippen molar-refractivity contribution in [1.29, 1.82) is 0 Å². The van der Waals surface area contributed by atoms with E-state index in [1.807, 2.05) is 0 Å². The fourth-order valence-corrected chi connectivity index (χ4v) is 2.28. The molecule has 0 aliphatic heterocycles. The second kappa shape index (κ2) is 10.1. The highest BCUT2D eigenvalue weighted by Crippen LogP contribution is 2.12. The molecular weight excluding hydrogens is 365 g/mol. The van der Waals surface area contributed by atoms with Gasteiger partial charge in [-0.25, -0.2) is 4.39 Å². The van der Waals surface area contributed by atoms with Gasteiger partial charge in [0.25, 0.3) is 11.8 Å². The molecule has 7 nitrogen and oxygen atoms in total. The maximum absolute atomic E-state index is 12.9. The van der Waals surface area contributed by atoms with Crippen LogP contribution in [0.3, 0.4) is 0 Å². The predicted molar refractivity (Wildman–Crippen MR) is 101 cm³/mol. The average Bonchev–Trinajstić information content (AvgIpc) is 2.68. The summed E-state index contributed by atoms with van der Waals surface area (Å²) in [6.07, 6.45) is -0.924. The summed E-state index contributed by atoms with van der Waals surface area (Å²) in [5, 5.41) is 2.71. The first-order chi connectivity index (χ1) is 13.3. The Bertz CT molecular complexity index is 812. The van der Waals surface area contributed by atoms with Crippen molar-refractivity contribution in [3.05, 3.63) is 66.0 Å². The molecule has 2 unspecified atom stereocenters. The minimum Gasteiger partial charge on any atom is -0.481 e. The van der Waals surface area contributed by atoms with Gasteiger partial charge in [0, 0.05) is 18.0 Å². The molecule has 3 amide bonds. The molecule has 0 spiro atoms. The van der Waals surface area contributed by atoms with Crippen LogP contribution in [-0.4, -0.2) is 29.9 Å². The number of halogens is 1. The lowest BCUT2D eigenvalue weighted by atomic mass is 10.2. The molecule has 0 saturated heterocycles. The molecule has 8 heteroatoms. The lowest BCUT2D eigenvalue weighted by Crippen LogP contribution is -2.48. The van der Waals surface area contributed by atoms with Gasteiger partial charge in [0.2, 0.25) is 5.91 Å². The molecule has 28 heavy (non-hydrogen) atoms. The van der Waals surface area contributed by atoms with Crippen LogP contribution in [0.5, 0.6) is 5.75 Å². The second-order valence-corrected chi connectivity index (χ2v) is 6.20. The summed E-state index contributed by atoms with van der Waals surface area (Å²) in [5.74, 6) is -1.41. The van der Waals surface area contributed by atoms with Crippen LogP contribution >= 0.6 is 0 Å². The van der Waals surface area contributed by atoms with E-state index in [1.54, 1.807) is 37.3 Å². The number of ether oxygens (including phenoxy) is 1. The Hall–Kier alpha value is -3.42. The highest BCUT2D eigenvalue weighted by molar-refractivity contribution is 5.94. The minimum absolute atomic E-state index is 0.0218. The number of rotatable bonds is 7. The Labute approximate surface area is 162 Å². The number of amides is 3. The molecule has 0 bridgehead atoms. The zero-order chi connectivity index (χ0) is 20.5. The van der Waals surface area contributed by atoms with Crippen LogP contribution in [0.2, 0.25) is 0 Å². The molecule has 148 valence electrons. The van der Waals surface area contributed by atoms with Crippen molar-refractivity contribution >= 4 is 17.7 Å². The van der Waals surface area contributed by atoms with Crippen molar-refractivity contribution in [1.82, 2.24) is 16.2 Å². The van der Waals surface area contributed by atoms with Gasteiger partial charge in [-0.3, -0.25) is 25.2 Å². The Morgan fingerprint density at radius 3 is 2.25 bits per heavy atom. The molecule has 2 rings (SSSR count). The summed E-state index contributed by atoms with van der Waals surface area (Å²) in [6, 6.07) is 13.4. The number of carbonyl (C=O) groups excluding carboxylic acids is 3. The van der Waals surface area contributed by atoms with Crippen LogP contribution in [-0.2, 0) is 9.59 Å². The standard InChI is InChI=1S/C20H22FN3O4/c1-13(22-20(27)15-6-4-3-5-7-15)12-18(25)23-24-19(26)14(2)28-17-10-8-16(21)9-11-17/h3-11,13-14H,12H2,1-2H3,(H,22,27)(H,23,25)(H,24,26). The van der Waals surface area contributed by atoms with Crippen LogP contribution in [0.1, 0.15) is 30.6 Å². The third-order valence-electron chi connectivity index (χ3n) is 3.73. The monoisotopic (exact) mass is 387 g/mol. The third kappa shape index (κ3) is 6.71. The average molecular weight is 387 g/mol. The molecular formula is C20H22FN3O4. The molecule has 0 saturated carbocycles. The number of nitrogens with one attached hydrogen (secondary N) is 3. The van der Waals surface area contributed by atoms with Crippen molar-refractivity contribution in [3.63, 3.8) is 0 Å². The number of hydrogen-bond acceptors (Lipinski definition) is 4. The van der Waals surface area contributed by atoms with Crippen molar-refractivity contribution in [2.75, 3.05) is 0 Å². The first-order valence-electron chi connectivity index (χ1n) is 8.72. The SMILES string of the molecule is CC(CC(=O)NNC(=O)C(C)Oc1ccc(F)cc1)NC(=O)c1ccccc1. The summed E-state index contributed by atoms with van der Waals surface area (Å²) >= 11 is 0. The molecule has 0 radical (unpaired) electrons. The van der Waals surface area contributed by atoms with Crippen molar-refractivity contribution in [2.24, 2.45) is 0 Å². The quantitative estimate of drug-likeness (QED) is 0.633. The van der Waals surface area contributed by atoms with Gasteiger partial charge in [0.15, 0.2) is 6.10 Å². The lowest BCUT2D eigenvalue weighted by molar-refractivity contribution is -0.132. The molecule has 3 N–H and O–H groups in total. The van der Waals surface area contributed by atoms with E-state index in [4.69, 9.17) is 4.74 Å². The van der Waals surface area contributed by atoms with Gasteiger partial charge < -0.3 is 10.1 Å². The van der Waals surface area contributed by atoms with E-state index < -0.39 is 29.8 Å². The zero-order valence-electron chi connectivity index (χ0n) is 15.6.